The number of benzene rings is 1. The molecule has 0 N–H and O–H groups in total. The van der Waals surface area contributed by atoms with E-state index in [1.807, 2.05) is 0 Å². The van der Waals surface area contributed by atoms with Gasteiger partial charge in [0.25, 0.3) is 5.91 Å². The van der Waals surface area contributed by atoms with E-state index in [2.05, 4.69) is 35.1 Å². The molecule has 4 rings (SSSR count). The second-order valence-corrected chi connectivity index (χ2v) is 7.87. The molecule has 0 bridgehead atoms. The third kappa shape index (κ3) is 4.61. The summed E-state index contributed by atoms with van der Waals surface area (Å²) in [4.78, 5) is 22.3. The lowest BCUT2D eigenvalue weighted by molar-refractivity contribution is 0.0391. The van der Waals surface area contributed by atoms with Gasteiger partial charge in [0.2, 0.25) is 0 Å². The number of nitrogens with zero attached hydrogens (tertiary/aromatic N) is 5. The SMILES string of the molecule is CCc1cccc2sc(N(CCN3CCOCC3)C(=O)c3ccnn3C)nc12.Cl. The Bertz CT molecular complexity index is 967. The maximum atomic E-state index is 13.3. The number of carbonyl (C=O) groups is 1. The largest absolute Gasteiger partial charge is 0.379 e. The second kappa shape index (κ2) is 9.67. The molecule has 1 aromatic carbocycles. The van der Waals surface area contributed by atoms with Crippen LogP contribution in [0.4, 0.5) is 5.13 Å². The lowest BCUT2D eigenvalue weighted by atomic mass is 10.1. The van der Waals surface area contributed by atoms with Crippen molar-refractivity contribution in [3.63, 3.8) is 0 Å². The molecule has 3 aromatic rings. The quantitative estimate of drug-likeness (QED) is 0.595. The average molecular weight is 436 g/mol. The second-order valence-electron chi connectivity index (χ2n) is 6.86. The van der Waals surface area contributed by atoms with Gasteiger partial charge in [0, 0.05) is 39.4 Å². The van der Waals surface area contributed by atoms with Gasteiger partial charge in [-0.15, -0.1) is 12.4 Å². The normalized spacial score (nSPS) is 14.7. The Balaban J connectivity index is 0.00000240. The van der Waals surface area contributed by atoms with E-state index < -0.39 is 0 Å². The summed E-state index contributed by atoms with van der Waals surface area (Å²) in [5, 5.41) is 4.90. The molecule has 9 heteroatoms. The van der Waals surface area contributed by atoms with Crippen LogP contribution in [-0.4, -0.2) is 65.0 Å². The van der Waals surface area contributed by atoms with Crippen molar-refractivity contribution in [3.8, 4) is 0 Å². The van der Waals surface area contributed by atoms with Gasteiger partial charge in [-0.25, -0.2) is 4.98 Å². The summed E-state index contributed by atoms with van der Waals surface area (Å²) in [7, 11) is 1.79. The number of aryl methyl sites for hydroxylation is 2. The molecule has 0 aliphatic carbocycles. The molecule has 0 saturated carbocycles. The van der Waals surface area contributed by atoms with E-state index in [0.29, 0.717) is 12.2 Å². The number of carbonyl (C=O) groups excluding carboxylic acids is 1. The molecule has 0 atom stereocenters. The van der Waals surface area contributed by atoms with Crippen molar-refractivity contribution in [2.24, 2.45) is 7.05 Å². The maximum absolute atomic E-state index is 13.3. The highest BCUT2D eigenvalue weighted by Gasteiger charge is 2.25. The third-order valence-electron chi connectivity index (χ3n) is 5.13. The highest BCUT2D eigenvalue weighted by Crippen LogP contribution is 2.31. The monoisotopic (exact) mass is 435 g/mol. The number of morpholine rings is 1. The van der Waals surface area contributed by atoms with Crippen molar-refractivity contribution in [1.82, 2.24) is 19.7 Å². The van der Waals surface area contributed by atoms with Crippen LogP contribution in [0, 0.1) is 0 Å². The molecular weight excluding hydrogens is 410 g/mol. The number of aromatic nitrogens is 3. The first-order chi connectivity index (χ1) is 13.7. The zero-order chi connectivity index (χ0) is 19.5. The summed E-state index contributed by atoms with van der Waals surface area (Å²) in [6, 6.07) is 8.00. The predicted molar refractivity (Wildman–Crippen MR) is 118 cm³/mol. The number of anilines is 1. The van der Waals surface area contributed by atoms with E-state index in [1.54, 1.807) is 40.2 Å². The van der Waals surface area contributed by atoms with Crippen LogP contribution in [0.25, 0.3) is 10.2 Å². The summed E-state index contributed by atoms with van der Waals surface area (Å²) in [5.74, 6) is -0.0645. The summed E-state index contributed by atoms with van der Waals surface area (Å²) in [6.07, 6.45) is 2.57. The van der Waals surface area contributed by atoms with Crippen LogP contribution in [0.15, 0.2) is 30.5 Å². The topological polar surface area (TPSA) is 63.5 Å². The maximum Gasteiger partial charge on any atom is 0.278 e. The number of ether oxygens (including phenoxy) is 1. The number of hydrogen-bond acceptors (Lipinski definition) is 6. The molecule has 0 spiro atoms. The van der Waals surface area contributed by atoms with Gasteiger partial charge in [-0.1, -0.05) is 30.4 Å². The Hall–Kier alpha value is -2.00. The molecule has 3 heterocycles. The summed E-state index contributed by atoms with van der Waals surface area (Å²) in [6.45, 7) is 6.80. The number of halogens is 1. The molecule has 1 saturated heterocycles. The number of fused-ring (bicyclic) bond motifs is 1. The van der Waals surface area contributed by atoms with Crippen molar-refractivity contribution in [3.05, 3.63) is 41.7 Å². The van der Waals surface area contributed by atoms with E-state index in [4.69, 9.17) is 9.72 Å². The van der Waals surface area contributed by atoms with Crippen LogP contribution in [0.3, 0.4) is 0 Å². The van der Waals surface area contributed by atoms with Gasteiger partial charge in [0.15, 0.2) is 5.13 Å². The molecule has 0 unspecified atom stereocenters. The van der Waals surface area contributed by atoms with Crippen LogP contribution in [0.2, 0.25) is 0 Å². The van der Waals surface area contributed by atoms with Crippen molar-refractivity contribution < 1.29 is 9.53 Å². The van der Waals surface area contributed by atoms with Gasteiger partial charge < -0.3 is 4.74 Å². The molecule has 0 radical (unpaired) electrons. The minimum Gasteiger partial charge on any atom is -0.379 e. The van der Waals surface area contributed by atoms with E-state index in [1.165, 1.54) is 5.56 Å². The molecule has 2 aromatic heterocycles. The fraction of sp³-hybridized carbons (Fsp3) is 0.450. The van der Waals surface area contributed by atoms with E-state index in [9.17, 15) is 4.79 Å². The Labute approximate surface area is 180 Å². The van der Waals surface area contributed by atoms with Crippen LogP contribution in [0.1, 0.15) is 23.0 Å². The highest BCUT2D eigenvalue weighted by molar-refractivity contribution is 7.22. The van der Waals surface area contributed by atoms with E-state index >= 15 is 0 Å². The van der Waals surface area contributed by atoms with Crippen molar-refractivity contribution >= 4 is 45.0 Å². The average Bonchev–Trinajstić information content (AvgIpc) is 3.34. The lowest BCUT2D eigenvalue weighted by Crippen LogP contribution is -2.43. The van der Waals surface area contributed by atoms with Crippen LogP contribution >= 0.6 is 23.7 Å². The lowest BCUT2D eigenvalue weighted by Gasteiger charge is -2.29. The standard InChI is InChI=1S/C20H25N5O2S.ClH/c1-3-15-5-4-6-17-18(15)22-20(28-17)25(10-9-24-11-13-27-14-12-24)19(26)16-7-8-21-23(16)2;/h4-8H,3,9-14H2,1-2H3;1H. The number of thiazole rings is 1. The first kappa shape index (κ1) is 21.7. The fourth-order valence-electron chi connectivity index (χ4n) is 3.47. The fourth-order valence-corrected chi connectivity index (χ4v) is 4.50. The van der Waals surface area contributed by atoms with Gasteiger partial charge in [0.1, 0.15) is 5.69 Å². The first-order valence-electron chi connectivity index (χ1n) is 9.65. The molecule has 29 heavy (non-hydrogen) atoms. The van der Waals surface area contributed by atoms with Gasteiger partial charge in [-0.05, 0) is 24.1 Å². The zero-order valence-electron chi connectivity index (χ0n) is 16.7. The van der Waals surface area contributed by atoms with Gasteiger partial charge in [-0.3, -0.25) is 19.3 Å². The minimum atomic E-state index is -0.0645. The smallest absolute Gasteiger partial charge is 0.278 e. The van der Waals surface area contributed by atoms with Crippen LogP contribution in [0.5, 0.6) is 0 Å². The van der Waals surface area contributed by atoms with Crippen LogP contribution in [-0.2, 0) is 18.2 Å². The van der Waals surface area contributed by atoms with Gasteiger partial charge in [-0.2, -0.15) is 5.10 Å². The number of hydrogen-bond donors (Lipinski definition) is 0. The molecular formula is C20H26ClN5O2S. The van der Waals surface area contributed by atoms with Crippen LogP contribution < -0.4 is 4.90 Å². The number of para-hydroxylation sites is 1. The molecule has 156 valence electrons. The zero-order valence-corrected chi connectivity index (χ0v) is 18.3. The summed E-state index contributed by atoms with van der Waals surface area (Å²) >= 11 is 1.57. The Morgan fingerprint density at radius 3 is 2.76 bits per heavy atom. The highest BCUT2D eigenvalue weighted by atomic mass is 35.5. The molecule has 7 nitrogen and oxygen atoms in total. The molecule has 1 amide bonds. The van der Waals surface area contributed by atoms with Crippen molar-refractivity contribution in [2.75, 3.05) is 44.3 Å². The first-order valence-corrected chi connectivity index (χ1v) is 10.5. The molecule has 1 aliphatic heterocycles. The molecule has 1 aliphatic rings. The van der Waals surface area contributed by atoms with Gasteiger partial charge >= 0.3 is 0 Å². The van der Waals surface area contributed by atoms with Crippen molar-refractivity contribution in [1.29, 1.82) is 0 Å². The van der Waals surface area contributed by atoms with Gasteiger partial charge in [0.05, 0.1) is 23.4 Å². The Kier molecular flexibility index (Phi) is 7.23. The van der Waals surface area contributed by atoms with Crippen molar-refractivity contribution in [2.45, 2.75) is 13.3 Å². The predicted octanol–water partition coefficient (Wildman–Crippen LogP) is 2.99. The molecule has 1 fully saturated rings. The number of rotatable bonds is 6. The minimum absolute atomic E-state index is 0. The third-order valence-corrected chi connectivity index (χ3v) is 6.18. The Morgan fingerprint density at radius 2 is 2.07 bits per heavy atom. The van der Waals surface area contributed by atoms with E-state index in [0.717, 1.165) is 54.6 Å². The number of amides is 1. The summed E-state index contributed by atoms with van der Waals surface area (Å²) < 4.78 is 8.17. The summed E-state index contributed by atoms with van der Waals surface area (Å²) in [5.41, 5.74) is 2.78. The Morgan fingerprint density at radius 1 is 1.28 bits per heavy atom. The van der Waals surface area contributed by atoms with E-state index in [-0.39, 0.29) is 18.3 Å².